The summed E-state index contributed by atoms with van der Waals surface area (Å²) in [5.41, 5.74) is -0.911. The number of rotatable bonds is 4. The molecule has 0 spiro atoms. The van der Waals surface area contributed by atoms with E-state index in [4.69, 9.17) is 11.6 Å². The molecule has 102 valence electrons. The summed E-state index contributed by atoms with van der Waals surface area (Å²) in [6.07, 6.45) is 0. The van der Waals surface area contributed by atoms with Crippen LogP contribution >= 0.6 is 11.6 Å². The minimum absolute atomic E-state index is 0.341. The lowest BCUT2D eigenvalue weighted by molar-refractivity contribution is 0.444. The fourth-order valence-electron chi connectivity index (χ4n) is 1.13. The lowest BCUT2D eigenvalue weighted by atomic mass is 10.0. The van der Waals surface area contributed by atoms with Crippen LogP contribution in [-0.4, -0.2) is 19.3 Å². The van der Waals surface area contributed by atoms with E-state index in [1.54, 1.807) is 20.8 Å². The van der Waals surface area contributed by atoms with Gasteiger partial charge in [0.1, 0.15) is 0 Å². The lowest BCUT2D eigenvalue weighted by Crippen LogP contribution is -2.48. The molecular formula is C11H14ClF2NO2S. The number of alkyl halides is 1. The zero-order chi connectivity index (χ0) is 14.1. The van der Waals surface area contributed by atoms with Crippen LogP contribution in [0.2, 0.25) is 0 Å². The number of sulfonamides is 1. The molecule has 1 aromatic rings. The van der Waals surface area contributed by atoms with E-state index >= 15 is 0 Å². The molecule has 18 heavy (non-hydrogen) atoms. The highest BCUT2D eigenvalue weighted by Crippen LogP contribution is 2.20. The number of halogens is 3. The van der Waals surface area contributed by atoms with E-state index in [9.17, 15) is 17.2 Å². The van der Waals surface area contributed by atoms with Gasteiger partial charge in [-0.25, -0.2) is 21.9 Å². The van der Waals surface area contributed by atoms with E-state index in [1.165, 1.54) is 0 Å². The smallest absolute Gasteiger partial charge is 0.207 e. The van der Waals surface area contributed by atoms with Gasteiger partial charge in [0, 0.05) is 10.9 Å². The van der Waals surface area contributed by atoms with Gasteiger partial charge >= 0.3 is 0 Å². The number of hydrogen-bond acceptors (Lipinski definition) is 2. The molecule has 1 rings (SSSR count). The second-order valence-electron chi connectivity index (χ2n) is 4.52. The summed E-state index contributed by atoms with van der Waals surface area (Å²) < 4.78 is 52.0. The maximum absolute atomic E-state index is 13.0. The Morgan fingerprint density at radius 2 is 1.83 bits per heavy atom. The Hall–Kier alpha value is -0.720. The molecule has 0 fully saturated rings. The zero-order valence-corrected chi connectivity index (χ0v) is 11.7. The van der Waals surface area contributed by atoms with Crippen LogP contribution in [0.1, 0.15) is 20.8 Å². The first-order chi connectivity index (χ1) is 8.06. The monoisotopic (exact) mass is 297 g/mol. The van der Waals surface area contributed by atoms with E-state index in [0.717, 1.165) is 12.1 Å². The van der Waals surface area contributed by atoms with Crippen LogP contribution in [-0.2, 0) is 10.0 Å². The van der Waals surface area contributed by atoms with Crippen molar-refractivity contribution in [3.8, 4) is 0 Å². The maximum atomic E-state index is 13.0. The van der Waals surface area contributed by atoms with Gasteiger partial charge in [-0.1, -0.05) is 0 Å². The topological polar surface area (TPSA) is 46.2 Å². The standard InChI is InChI=1S/C11H14ClF2NO2S/c1-7(12)11(2,3)15-18(16,17)8-4-5-9(13)10(14)6-8/h4-7,15H,1-3H3. The third kappa shape index (κ3) is 3.40. The van der Waals surface area contributed by atoms with E-state index in [1.807, 2.05) is 0 Å². The molecule has 0 aliphatic rings. The average Bonchev–Trinajstić information content (AvgIpc) is 2.20. The Kier molecular flexibility index (Phi) is 4.35. The molecule has 0 bridgehead atoms. The molecule has 0 saturated carbocycles. The largest absolute Gasteiger partial charge is 0.241 e. The molecule has 0 radical (unpaired) electrons. The molecule has 0 heterocycles. The van der Waals surface area contributed by atoms with E-state index in [0.29, 0.717) is 6.07 Å². The molecule has 3 nitrogen and oxygen atoms in total. The predicted molar refractivity (Wildman–Crippen MR) is 66.1 cm³/mol. The van der Waals surface area contributed by atoms with Crippen molar-refractivity contribution in [3.63, 3.8) is 0 Å². The first-order valence-corrected chi connectivity index (χ1v) is 7.11. The fraction of sp³-hybridized carbons (Fsp3) is 0.455. The Balaban J connectivity index is 3.11. The molecule has 0 saturated heterocycles. The average molecular weight is 298 g/mol. The van der Waals surface area contributed by atoms with Crippen LogP contribution < -0.4 is 4.72 Å². The Bertz CT molecular complexity index is 544. The van der Waals surface area contributed by atoms with Crippen molar-refractivity contribution in [1.82, 2.24) is 4.72 Å². The van der Waals surface area contributed by atoms with Gasteiger partial charge in [0.25, 0.3) is 0 Å². The van der Waals surface area contributed by atoms with Gasteiger partial charge in [-0.15, -0.1) is 11.6 Å². The molecule has 1 atom stereocenters. The van der Waals surface area contributed by atoms with Gasteiger partial charge in [-0.2, -0.15) is 0 Å². The summed E-state index contributed by atoms with van der Waals surface area (Å²) in [5.74, 6) is -2.31. The molecule has 0 amide bonds. The quantitative estimate of drug-likeness (QED) is 0.869. The van der Waals surface area contributed by atoms with Crippen molar-refractivity contribution < 1.29 is 17.2 Å². The first kappa shape index (κ1) is 15.3. The second kappa shape index (κ2) is 5.11. The van der Waals surface area contributed by atoms with Gasteiger partial charge in [0.2, 0.25) is 10.0 Å². The lowest BCUT2D eigenvalue weighted by Gasteiger charge is -2.28. The maximum Gasteiger partial charge on any atom is 0.241 e. The van der Waals surface area contributed by atoms with Gasteiger partial charge in [-0.05, 0) is 39.0 Å². The molecule has 1 N–H and O–H groups in total. The molecular weight excluding hydrogens is 284 g/mol. The highest BCUT2D eigenvalue weighted by atomic mass is 35.5. The zero-order valence-electron chi connectivity index (χ0n) is 10.2. The normalized spacial score (nSPS) is 14.6. The molecule has 1 unspecified atom stereocenters. The van der Waals surface area contributed by atoms with Gasteiger partial charge in [-0.3, -0.25) is 0 Å². The predicted octanol–water partition coefficient (Wildman–Crippen LogP) is 2.65. The highest BCUT2D eigenvalue weighted by Gasteiger charge is 2.30. The summed E-state index contributed by atoms with van der Waals surface area (Å²) in [5, 5.41) is -0.474. The minimum atomic E-state index is -3.94. The van der Waals surface area contributed by atoms with Crippen molar-refractivity contribution in [2.75, 3.05) is 0 Å². The van der Waals surface area contributed by atoms with Crippen molar-refractivity contribution in [3.05, 3.63) is 29.8 Å². The SMILES string of the molecule is CC(Cl)C(C)(C)NS(=O)(=O)c1ccc(F)c(F)c1. The van der Waals surface area contributed by atoms with Gasteiger partial charge in [0.05, 0.1) is 4.90 Å². The summed E-state index contributed by atoms with van der Waals surface area (Å²) in [6, 6.07) is 2.39. The Morgan fingerprint density at radius 3 is 2.28 bits per heavy atom. The van der Waals surface area contributed by atoms with E-state index < -0.39 is 32.6 Å². The number of hydrogen-bond donors (Lipinski definition) is 1. The second-order valence-corrected chi connectivity index (χ2v) is 6.86. The van der Waals surface area contributed by atoms with Crippen molar-refractivity contribution in [2.24, 2.45) is 0 Å². The van der Waals surface area contributed by atoms with Crippen LogP contribution in [0.3, 0.4) is 0 Å². The van der Waals surface area contributed by atoms with Gasteiger partial charge in [0.15, 0.2) is 11.6 Å². The van der Waals surface area contributed by atoms with Crippen LogP contribution in [0.25, 0.3) is 0 Å². The third-order valence-electron chi connectivity index (χ3n) is 2.59. The molecule has 1 aromatic carbocycles. The van der Waals surface area contributed by atoms with Crippen molar-refractivity contribution in [1.29, 1.82) is 0 Å². The molecule has 0 aliphatic heterocycles. The van der Waals surface area contributed by atoms with Crippen LogP contribution in [0.5, 0.6) is 0 Å². The molecule has 0 aromatic heterocycles. The minimum Gasteiger partial charge on any atom is -0.207 e. The summed E-state index contributed by atoms with van der Waals surface area (Å²) in [6.45, 7) is 4.83. The van der Waals surface area contributed by atoms with Crippen molar-refractivity contribution >= 4 is 21.6 Å². The fourth-order valence-corrected chi connectivity index (χ4v) is 2.74. The van der Waals surface area contributed by atoms with Crippen LogP contribution in [0, 0.1) is 11.6 Å². The van der Waals surface area contributed by atoms with Gasteiger partial charge < -0.3 is 0 Å². The highest BCUT2D eigenvalue weighted by molar-refractivity contribution is 7.89. The molecule has 7 heteroatoms. The van der Waals surface area contributed by atoms with Crippen molar-refractivity contribution in [2.45, 2.75) is 36.6 Å². The Labute approximate surface area is 110 Å². The Morgan fingerprint density at radius 1 is 1.28 bits per heavy atom. The summed E-state index contributed by atoms with van der Waals surface area (Å²) in [4.78, 5) is -0.341. The molecule has 0 aliphatic carbocycles. The summed E-state index contributed by atoms with van der Waals surface area (Å²) >= 11 is 5.86. The number of benzene rings is 1. The van der Waals surface area contributed by atoms with E-state index in [-0.39, 0.29) is 4.90 Å². The van der Waals surface area contributed by atoms with E-state index in [2.05, 4.69) is 4.72 Å². The third-order valence-corrected chi connectivity index (χ3v) is 4.81. The van der Waals surface area contributed by atoms with Crippen LogP contribution in [0.15, 0.2) is 23.1 Å². The first-order valence-electron chi connectivity index (χ1n) is 5.19. The number of nitrogens with one attached hydrogen (secondary N) is 1. The summed E-state index contributed by atoms with van der Waals surface area (Å²) in [7, 11) is -3.94. The van der Waals surface area contributed by atoms with Crippen LogP contribution in [0.4, 0.5) is 8.78 Å².